The van der Waals surface area contributed by atoms with Crippen LogP contribution in [0.15, 0.2) is 11.4 Å². The SMILES string of the molecule is CSCCCn1c(C(C)C)cnc1SCC(=O)O. The van der Waals surface area contributed by atoms with Gasteiger partial charge >= 0.3 is 5.97 Å². The molecule has 1 aromatic rings. The van der Waals surface area contributed by atoms with Crippen molar-refractivity contribution in [2.75, 3.05) is 17.8 Å². The molecule has 0 atom stereocenters. The summed E-state index contributed by atoms with van der Waals surface area (Å²) in [7, 11) is 0. The Kier molecular flexibility index (Phi) is 6.63. The molecule has 0 aromatic carbocycles. The van der Waals surface area contributed by atoms with Gasteiger partial charge in [-0.15, -0.1) is 0 Å². The van der Waals surface area contributed by atoms with Crippen LogP contribution in [0.25, 0.3) is 0 Å². The first-order valence-electron chi connectivity index (χ1n) is 5.95. The molecule has 102 valence electrons. The molecule has 1 rings (SSSR count). The molecule has 4 nitrogen and oxygen atoms in total. The largest absolute Gasteiger partial charge is 0.481 e. The van der Waals surface area contributed by atoms with E-state index in [1.165, 1.54) is 17.5 Å². The molecule has 0 fully saturated rings. The van der Waals surface area contributed by atoms with Gasteiger partial charge in [-0.1, -0.05) is 25.6 Å². The number of aromatic nitrogens is 2. The van der Waals surface area contributed by atoms with Gasteiger partial charge in [-0.2, -0.15) is 11.8 Å². The highest BCUT2D eigenvalue weighted by atomic mass is 32.2. The first kappa shape index (κ1) is 15.4. The number of hydrogen-bond acceptors (Lipinski definition) is 4. The van der Waals surface area contributed by atoms with Crippen molar-refractivity contribution in [1.29, 1.82) is 0 Å². The van der Waals surface area contributed by atoms with E-state index in [2.05, 4.69) is 29.7 Å². The number of rotatable bonds is 8. The van der Waals surface area contributed by atoms with Crippen molar-refractivity contribution in [3.63, 3.8) is 0 Å². The predicted molar refractivity (Wildman–Crippen MR) is 77.7 cm³/mol. The highest BCUT2D eigenvalue weighted by Gasteiger charge is 2.13. The van der Waals surface area contributed by atoms with Crippen molar-refractivity contribution >= 4 is 29.5 Å². The number of carboxylic acids is 1. The normalized spacial score (nSPS) is 11.1. The quantitative estimate of drug-likeness (QED) is 0.589. The van der Waals surface area contributed by atoms with Gasteiger partial charge in [0.25, 0.3) is 0 Å². The fourth-order valence-electron chi connectivity index (χ4n) is 1.67. The third kappa shape index (κ3) is 4.57. The Hall–Kier alpha value is -0.620. The first-order valence-corrected chi connectivity index (χ1v) is 8.33. The summed E-state index contributed by atoms with van der Waals surface area (Å²) >= 11 is 3.12. The lowest BCUT2D eigenvalue weighted by molar-refractivity contribution is -0.133. The van der Waals surface area contributed by atoms with E-state index < -0.39 is 5.97 Å². The van der Waals surface area contributed by atoms with Crippen molar-refractivity contribution in [3.8, 4) is 0 Å². The lowest BCUT2D eigenvalue weighted by Gasteiger charge is -2.13. The van der Waals surface area contributed by atoms with Gasteiger partial charge in [-0.25, -0.2) is 4.98 Å². The Morgan fingerprint density at radius 3 is 2.83 bits per heavy atom. The van der Waals surface area contributed by atoms with E-state index in [0.29, 0.717) is 5.92 Å². The van der Waals surface area contributed by atoms with Crippen LogP contribution < -0.4 is 0 Å². The molecule has 0 unspecified atom stereocenters. The zero-order chi connectivity index (χ0) is 13.5. The van der Waals surface area contributed by atoms with Crippen molar-refractivity contribution in [1.82, 2.24) is 9.55 Å². The zero-order valence-electron chi connectivity index (χ0n) is 11.0. The number of nitrogens with zero attached hydrogens (tertiary/aromatic N) is 2. The van der Waals surface area contributed by atoms with Gasteiger partial charge in [0.05, 0.1) is 5.75 Å². The number of carbonyl (C=O) groups is 1. The number of thioether (sulfide) groups is 2. The zero-order valence-corrected chi connectivity index (χ0v) is 12.7. The monoisotopic (exact) mass is 288 g/mol. The van der Waals surface area contributed by atoms with Gasteiger partial charge in [0, 0.05) is 18.4 Å². The molecule has 1 N–H and O–H groups in total. The van der Waals surface area contributed by atoms with Crippen molar-refractivity contribution in [2.24, 2.45) is 0 Å². The van der Waals surface area contributed by atoms with E-state index in [-0.39, 0.29) is 5.75 Å². The van der Waals surface area contributed by atoms with E-state index in [4.69, 9.17) is 5.11 Å². The summed E-state index contributed by atoms with van der Waals surface area (Å²) in [5, 5.41) is 9.56. The topological polar surface area (TPSA) is 55.1 Å². The van der Waals surface area contributed by atoms with Gasteiger partial charge in [-0.3, -0.25) is 4.79 Å². The summed E-state index contributed by atoms with van der Waals surface area (Å²) in [6.45, 7) is 5.18. The van der Waals surface area contributed by atoms with Gasteiger partial charge in [-0.05, 0) is 24.3 Å². The van der Waals surface area contributed by atoms with Gasteiger partial charge in [0.15, 0.2) is 5.16 Å². The molecule has 0 amide bonds. The Labute approximate surface area is 117 Å². The molecule has 0 saturated carbocycles. The molecule has 18 heavy (non-hydrogen) atoms. The van der Waals surface area contributed by atoms with Crippen LogP contribution in [0.4, 0.5) is 0 Å². The average molecular weight is 288 g/mol. The molecule has 0 aliphatic rings. The maximum absolute atomic E-state index is 10.6. The molecule has 0 bridgehead atoms. The number of carboxylic acid groups (broad SMARTS) is 1. The number of imidazole rings is 1. The minimum absolute atomic E-state index is 0.0665. The molecule has 1 heterocycles. The summed E-state index contributed by atoms with van der Waals surface area (Å²) in [6, 6.07) is 0. The van der Waals surface area contributed by atoms with E-state index in [1.54, 1.807) is 0 Å². The van der Waals surface area contributed by atoms with Gasteiger partial charge in [0.1, 0.15) is 0 Å². The molecule has 6 heteroatoms. The standard InChI is InChI=1S/C12H20N2O2S2/c1-9(2)10-7-13-12(18-8-11(15)16)14(10)5-4-6-17-3/h7,9H,4-6,8H2,1-3H3,(H,15,16). The molecule has 0 radical (unpaired) electrons. The molecule has 0 aliphatic carbocycles. The van der Waals surface area contributed by atoms with Crippen molar-refractivity contribution < 1.29 is 9.90 Å². The second kappa shape index (κ2) is 7.74. The van der Waals surface area contributed by atoms with Crippen LogP contribution in [-0.2, 0) is 11.3 Å². The van der Waals surface area contributed by atoms with Crippen molar-refractivity contribution in [3.05, 3.63) is 11.9 Å². The van der Waals surface area contributed by atoms with Crippen LogP contribution in [0.3, 0.4) is 0 Å². The fraction of sp³-hybridized carbons (Fsp3) is 0.667. The van der Waals surface area contributed by atoms with Crippen molar-refractivity contribution in [2.45, 2.75) is 37.9 Å². The minimum Gasteiger partial charge on any atom is -0.481 e. The van der Waals surface area contributed by atoms with Crippen LogP contribution in [0, 0.1) is 0 Å². The maximum Gasteiger partial charge on any atom is 0.313 e. The van der Waals surface area contributed by atoms with Crippen LogP contribution in [0.2, 0.25) is 0 Å². The van der Waals surface area contributed by atoms with Crippen LogP contribution in [0.5, 0.6) is 0 Å². The number of aliphatic carboxylic acids is 1. The van der Waals surface area contributed by atoms with Crippen LogP contribution in [0.1, 0.15) is 31.9 Å². The summed E-state index contributed by atoms with van der Waals surface area (Å²) in [4.78, 5) is 15.0. The molecule has 0 aliphatic heterocycles. The van der Waals surface area contributed by atoms with E-state index in [1.807, 2.05) is 18.0 Å². The summed E-state index contributed by atoms with van der Waals surface area (Å²) in [5.41, 5.74) is 1.18. The third-order valence-corrected chi connectivity index (χ3v) is 4.17. The Morgan fingerprint density at radius 1 is 1.56 bits per heavy atom. The molecule has 0 spiro atoms. The van der Waals surface area contributed by atoms with E-state index >= 15 is 0 Å². The predicted octanol–water partition coefficient (Wildman–Crippen LogP) is 2.94. The number of hydrogen-bond donors (Lipinski definition) is 1. The Balaban J connectivity index is 2.78. The summed E-state index contributed by atoms with van der Waals surface area (Å²) in [6.07, 6.45) is 5.04. The van der Waals surface area contributed by atoms with Gasteiger partial charge < -0.3 is 9.67 Å². The van der Waals surface area contributed by atoms with E-state index in [9.17, 15) is 4.79 Å². The smallest absolute Gasteiger partial charge is 0.313 e. The highest BCUT2D eigenvalue weighted by molar-refractivity contribution is 7.99. The van der Waals surface area contributed by atoms with Crippen LogP contribution in [-0.4, -0.2) is 38.4 Å². The van der Waals surface area contributed by atoms with Gasteiger partial charge in [0.2, 0.25) is 0 Å². The van der Waals surface area contributed by atoms with E-state index in [0.717, 1.165) is 23.9 Å². The lowest BCUT2D eigenvalue weighted by Crippen LogP contribution is -2.08. The first-order chi connectivity index (χ1) is 8.56. The average Bonchev–Trinajstić information content (AvgIpc) is 2.70. The molecular weight excluding hydrogens is 268 g/mol. The molecular formula is C12H20N2O2S2. The summed E-state index contributed by atoms with van der Waals surface area (Å²) in [5.74, 6) is 0.784. The summed E-state index contributed by atoms with van der Waals surface area (Å²) < 4.78 is 2.16. The lowest BCUT2D eigenvalue weighted by atomic mass is 10.1. The highest BCUT2D eigenvalue weighted by Crippen LogP contribution is 2.23. The Morgan fingerprint density at radius 2 is 2.28 bits per heavy atom. The molecule has 1 aromatic heterocycles. The maximum atomic E-state index is 10.6. The molecule has 0 saturated heterocycles. The Bertz CT molecular complexity index is 391. The van der Waals surface area contributed by atoms with Crippen LogP contribution >= 0.6 is 23.5 Å². The second-order valence-electron chi connectivity index (χ2n) is 4.30. The second-order valence-corrected chi connectivity index (χ2v) is 6.23. The third-order valence-electron chi connectivity index (χ3n) is 2.50. The minimum atomic E-state index is -0.801. The fourth-order valence-corrected chi connectivity index (χ4v) is 2.82.